The predicted octanol–water partition coefficient (Wildman–Crippen LogP) is 5.83. The second-order valence-electron chi connectivity index (χ2n) is 8.26. The number of halogens is 2. The van der Waals surface area contributed by atoms with E-state index in [-0.39, 0.29) is 31.0 Å². The van der Waals surface area contributed by atoms with Gasteiger partial charge in [0, 0.05) is 22.6 Å². The van der Waals surface area contributed by atoms with E-state index in [0.29, 0.717) is 27.3 Å². The van der Waals surface area contributed by atoms with Gasteiger partial charge in [0.05, 0.1) is 0 Å². The number of rotatable bonds is 10. The quantitative estimate of drug-likeness (QED) is 0.467. The molecule has 0 saturated heterocycles. The lowest BCUT2D eigenvalue weighted by Gasteiger charge is -2.30. The molecule has 5 nitrogen and oxygen atoms in total. The minimum Gasteiger partial charge on any atom is -0.484 e. The van der Waals surface area contributed by atoms with Crippen LogP contribution >= 0.6 is 23.2 Å². The monoisotopic (exact) mass is 478 g/mol. The molecule has 174 valence electrons. The van der Waals surface area contributed by atoms with Gasteiger partial charge in [0.2, 0.25) is 5.91 Å². The molecule has 2 rings (SSSR count). The molecule has 0 aromatic heterocycles. The summed E-state index contributed by atoms with van der Waals surface area (Å²) >= 11 is 12.3. The summed E-state index contributed by atoms with van der Waals surface area (Å²) in [4.78, 5) is 27.4. The van der Waals surface area contributed by atoms with Gasteiger partial charge in [-0.15, -0.1) is 0 Å². The van der Waals surface area contributed by atoms with Crippen LogP contribution in [0.2, 0.25) is 10.0 Å². The fourth-order valence-electron chi connectivity index (χ4n) is 3.06. The summed E-state index contributed by atoms with van der Waals surface area (Å²) in [6, 6.07) is 12.1. The van der Waals surface area contributed by atoms with E-state index in [9.17, 15) is 9.59 Å². The largest absolute Gasteiger partial charge is 0.484 e. The second-order valence-corrected chi connectivity index (χ2v) is 9.11. The van der Waals surface area contributed by atoms with Gasteiger partial charge in [0.25, 0.3) is 5.91 Å². The smallest absolute Gasteiger partial charge is 0.261 e. The van der Waals surface area contributed by atoms with Gasteiger partial charge in [-0.05, 0) is 61.6 Å². The van der Waals surface area contributed by atoms with E-state index in [2.05, 4.69) is 19.2 Å². The molecule has 32 heavy (non-hydrogen) atoms. The highest BCUT2D eigenvalue weighted by molar-refractivity contribution is 6.35. The molecule has 0 radical (unpaired) electrons. The topological polar surface area (TPSA) is 58.6 Å². The SMILES string of the molecule is CCC(C)NC(=O)C(C)N(Cc1ccc(Cl)cc1Cl)C(=O)COc1ccc(C(C)C)cc1. The standard InChI is InChI=1S/C25H32Cl2N2O3/c1-6-17(4)28-25(31)18(5)29(14-20-7-10-21(26)13-23(20)27)24(30)15-32-22-11-8-19(9-12-22)16(2)3/h7-13,16-18H,6,14-15H2,1-5H3,(H,28,31). The number of amides is 2. The summed E-state index contributed by atoms with van der Waals surface area (Å²) in [5, 5.41) is 3.88. The van der Waals surface area contributed by atoms with Gasteiger partial charge < -0.3 is 15.0 Å². The number of carbonyl (C=O) groups excluding carboxylic acids is 2. The minimum atomic E-state index is -0.699. The molecule has 2 amide bonds. The van der Waals surface area contributed by atoms with Crippen molar-refractivity contribution in [3.05, 3.63) is 63.6 Å². The molecule has 0 aliphatic rings. The zero-order valence-corrected chi connectivity index (χ0v) is 20.8. The van der Waals surface area contributed by atoms with Crippen molar-refractivity contribution in [3.63, 3.8) is 0 Å². The van der Waals surface area contributed by atoms with Crippen LogP contribution in [0.5, 0.6) is 5.75 Å². The third-order valence-corrected chi connectivity index (χ3v) is 6.02. The van der Waals surface area contributed by atoms with Crippen LogP contribution in [-0.2, 0) is 16.1 Å². The molecule has 0 fully saturated rings. The lowest BCUT2D eigenvalue weighted by molar-refractivity contribution is -0.142. The van der Waals surface area contributed by atoms with Crippen molar-refractivity contribution in [2.45, 2.75) is 65.6 Å². The molecular formula is C25H32Cl2N2O3. The van der Waals surface area contributed by atoms with Gasteiger partial charge in [-0.1, -0.05) is 62.2 Å². The second kappa shape index (κ2) is 12.1. The molecule has 0 heterocycles. The van der Waals surface area contributed by atoms with Crippen molar-refractivity contribution in [2.75, 3.05) is 6.61 Å². The minimum absolute atomic E-state index is 0.0109. The summed E-state index contributed by atoms with van der Waals surface area (Å²) in [5.74, 6) is 0.480. The number of hydrogen-bond donors (Lipinski definition) is 1. The third kappa shape index (κ3) is 7.42. The van der Waals surface area contributed by atoms with Crippen molar-refractivity contribution >= 4 is 35.0 Å². The number of benzene rings is 2. The van der Waals surface area contributed by atoms with Crippen molar-refractivity contribution < 1.29 is 14.3 Å². The van der Waals surface area contributed by atoms with Crippen LogP contribution in [0.25, 0.3) is 0 Å². The van der Waals surface area contributed by atoms with Crippen LogP contribution in [-0.4, -0.2) is 35.4 Å². The summed E-state index contributed by atoms with van der Waals surface area (Å²) in [6.45, 7) is 9.83. The van der Waals surface area contributed by atoms with Crippen molar-refractivity contribution in [3.8, 4) is 5.75 Å². The molecule has 1 N–H and O–H groups in total. The molecule has 2 unspecified atom stereocenters. The van der Waals surface area contributed by atoms with Gasteiger partial charge in [-0.3, -0.25) is 9.59 Å². The Labute approximate surface area is 201 Å². The summed E-state index contributed by atoms with van der Waals surface area (Å²) in [5.41, 5.74) is 1.90. The summed E-state index contributed by atoms with van der Waals surface area (Å²) in [6.07, 6.45) is 0.797. The molecule has 0 bridgehead atoms. The first-order chi connectivity index (χ1) is 15.1. The van der Waals surface area contributed by atoms with Crippen molar-refractivity contribution in [1.29, 1.82) is 0 Å². The van der Waals surface area contributed by atoms with E-state index in [4.69, 9.17) is 27.9 Å². The Bertz CT molecular complexity index is 916. The van der Waals surface area contributed by atoms with Gasteiger partial charge in [0.1, 0.15) is 11.8 Å². The van der Waals surface area contributed by atoms with E-state index in [1.807, 2.05) is 38.1 Å². The van der Waals surface area contributed by atoms with E-state index in [1.165, 1.54) is 10.5 Å². The van der Waals surface area contributed by atoms with Crippen LogP contribution in [0.4, 0.5) is 0 Å². The normalized spacial score (nSPS) is 12.9. The highest BCUT2D eigenvalue weighted by Crippen LogP contribution is 2.24. The highest BCUT2D eigenvalue weighted by atomic mass is 35.5. The van der Waals surface area contributed by atoms with Crippen LogP contribution in [0, 0.1) is 0 Å². The molecule has 2 atom stereocenters. The molecule has 2 aromatic carbocycles. The Morgan fingerprint density at radius 1 is 1.03 bits per heavy atom. The number of carbonyl (C=O) groups is 2. The first-order valence-electron chi connectivity index (χ1n) is 10.9. The van der Waals surface area contributed by atoms with Crippen LogP contribution in [0.3, 0.4) is 0 Å². The Morgan fingerprint density at radius 2 is 1.69 bits per heavy atom. The third-order valence-electron chi connectivity index (χ3n) is 5.43. The van der Waals surface area contributed by atoms with E-state index in [1.54, 1.807) is 25.1 Å². The number of nitrogens with zero attached hydrogens (tertiary/aromatic N) is 1. The van der Waals surface area contributed by atoms with Crippen molar-refractivity contribution in [2.24, 2.45) is 0 Å². The predicted molar refractivity (Wildman–Crippen MR) is 130 cm³/mol. The zero-order chi connectivity index (χ0) is 23.8. The Balaban J connectivity index is 2.17. The molecule has 0 saturated carbocycles. The van der Waals surface area contributed by atoms with Crippen molar-refractivity contribution in [1.82, 2.24) is 10.2 Å². The zero-order valence-electron chi connectivity index (χ0n) is 19.3. The van der Waals surface area contributed by atoms with E-state index in [0.717, 1.165) is 6.42 Å². The fraction of sp³-hybridized carbons (Fsp3) is 0.440. The van der Waals surface area contributed by atoms with E-state index < -0.39 is 6.04 Å². The van der Waals surface area contributed by atoms with E-state index >= 15 is 0 Å². The average molecular weight is 479 g/mol. The average Bonchev–Trinajstić information content (AvgIpc) is 2.76. The Kier molecular flexibility index (Phi) is 9.85. The lowest BCUT2D eigenvalue weighted by Crippen LogP contribution is -2.50. The fourth-order valence-corrected chi connectivity index (χ4v) is 3.53. The molecular weight excluding hydrogens is 447 g/mol. The highest BCUT2D eigenvalue weighted by Gasteiger charge is 2.27. The van der Waals surface area contributed by atoms with Crippen LogP contribution in [0.1, 0.15) is 58.1 Å². The van der Waals surface area contributed by atoms with Crippen LogP contribution < -0.4 is 10.1 Å². The first kappa shape index (κ1) is 26.0. The summed E-state index contributed by atoms with van der Waals surface area (Å²) in [7, 11) is 0. The Hall–Kier alpha value is -2.24. The summed E-state index contributed by atoms with van der Waals surface area (Å²) < 4.78 is 5.73. The van der Waals surface area contributed by atoms with Crippen LogP contribution in [0.15, 0.2) is 42.5 Å². The number of hydrogen-bond acceptors (Lipinski definition) is 3. The van der Waals surface area contributed by atoms with Gasteiger partial charge >= 0.3 is 0 Å². The molecule has 0 aliphatic heterocycles. The maximum atomic E-state index is 13.1. The molecule has 0 spiro atoms. The van der Waals surface area contributed by atoms with Gasteiger partial charge in [-0.2, -0.15) is 0 Å². The first-order valence-corrected chi connectivity index (χ1v) is 11.6. The molecule has 2 aromatic rings. The number of ether oxygens (including phenoxy) is 1. The maximum Gasteiger partial charge on any atom is 0.261 e. The lowest BCUT2D eigenvalue weighted by atomic mass is 10.0. The molecule has 0 aliphatic carbocycles. The molecule has 7 heteroatoms. The Morgan fingerprint density at radius 3 is 2.25 bits per heavy atom. The van der Waals surface area contributed by atoms with Gasteiger partial charge in [-0.25, -0.2) is 0 Å². The maximum absolute atomic E-state index is 13.1. The number of nitrogens with one attached hydrogen (secondary N) is 1. The van der Waals surface area contributed by atoms with Gasteiger partial charge in [0.15, 0.2) is 6.61 Å².